The molecular formula is C25H35N5O. The Morgan fingerprint density at radius 1 is 1.06 bits per heavy atom. The summed E-state index contributed by atoms with van der Waals surface area (Å²) in [6.07, 6.45) is 8.18. The van der Waals surface area contributed by atoms with E-state index in [1.165, 1.54) is 5.56 Å². The van der Waals surface area contributed by atoms with Gasteiger partial charge in [0.25, 0.3) is 0 Å². The average Bonchev–Trinajstić information content (AvgIpc) is 2.78. The normalized spacial score (nSPS) is 19.9. The third-order valence-corrected chi connectivity index (χ3v) is 6.27. The van der Waals surface area contributed by atoms with E-state index in [1.54, 1.807) is 0 Å². The lowest BCUT2D eigenvalue weighted by atomic mass is 10.00. The number of nitrogens with one attached hydrogen (secondary N) is 1. The Kier molecular flexibility index (Phi) is 6.78. The third kappa shape index (κ3) is 5.38. The minimum absolute atomic E-state index is 0.557. The van der Waals surface area contributed by atoms with E-state index in [0.717, 1.165) is 80.0 Å². The molecular weight excluding hydrogens is 386 g/mol. The number of nitrogens with two attached hydrogens (primary N) is 2. The fourth-order valence-electron chi connectivity index (χ4n) is 4.51. The summed E-state index contributed by atoms with van der Waals surface area (Å²) in [6.45, 7) is 7.66. The van der Waals surface area contributed by atoms with Crippen LogP contribution in [0.15, 0.2) is 42.1 Å². The molecule has 6 heteroatoms. The van der Waals surface area contributed by atoms with Gasteiger partial charge in [0, 0.05) is 60.7 Å². The molecule has 5 N–H and O–H groups in total. The molecule has 0 saturated carbocycles. The van der Waals surface area contributed by atoms with Crippen molar-refractivity contribution in [1.82, 2.24) is 10.3 Å². The Morgan fingerprint density at radius 3 is 2.48 bits per heavy atom. The van der Waals surface area contributed by atoms with Crippen LogP contribution in [0.5, 0.6) is 0 Å². The molecule has 1 aromatic carbocycles. The molecule has 2 fully saturated rings. The molecule has 0 unspecified atom stereocenters. The molecule has 2 aromatic rings. The number of aromatic nitrogens is 1. The predicted molar refractivity (Wildman–Crippen MR) is 129 cm³/mol. The van der Waals surface area contributed by atoms with E-state index in [4.69, 9.17) is 21.2 Å². The van der Waals surface area contributed by atoms with Crippen molar-refractivity contribution in [2.45, 2.75) is 51.6 Å². The SMILES string of the molecule is C/C(N)=C/C=C(\N)c1cc2cc(C)ccc2nc1N1CCC(NC2CCOCC2)CC1. The standard InChI is InChI=1S/C25H35N5O/c1-17-3-6-24-19(15-17)16-22(23(27)5-4-18(2)26)25(29-24)30-11-7-20(8-12-30)28-21-9-13-31-14-10-21/h3-6,15-16,20-21,28H,7-14,26-27H2,1-2H3/b18-4-,23-5-. The molecule has 3 heterocycles. The van der Waals surface area contributed by atoms with E-state index in [1.807, 2.05) is 19.1 Å². The number of anilines is 1. The summed E-state index contributed by atoms with van der Waals surface area (Å²) in [6, 6.07) is 9.69. The van der Waals surface area contributed by atoms with Crippen LogP contribution in [0.1, 0.15) is 43.7 Å². The first-order chi connectivity index (χ1) is 15.0. The zero-order valence-electron chi connectivity index (χ0n) is 18.7. The summed E-state index contributed by atoms with van der Waals surface area (Å²) in [4.78, 5) is 7.43. The highest BCUT2D eigenvalue weighted by Gasteiger charge is 2.25. The molecule has 0 radical (unpaired) electrons. The number of aryl methyl sites for hydroxylation is 1. The van der Waals surface area contributed by atoms with Crippen LogP contribution in [0.4, 0.5) is 5.82 Å². The quantitative estimate of drug-likeness (QED) is 0.641. The molecule has 0 atom stereocenters. The maximum Gasteiger partial charge on any atom is 0.138 e. The molecule has 166 valence electrons. The van der Waals surface area contributed by atoms with Crippen molar-refractivity contribution >= 4 is 22.4 Å². The van der Waals surface area contributed by atoms with Gasteiger partial charge < -0.3 is 26.4 Å². The van der Waals surface area contributed by atoms with Gasteiger partial charge in [-0.05, 0) is 69.9 Å². The number of hydrogen-bond donors (Lipinski definition) is 3. The number of allylic oxidation sites excluding steroid dienone is 3. The first kappa shape index (κ1) is 21.7. The maximum atomic E-state index is 6.50. The summed E-state index contributed by atoms with van der Waals surface area (Å²) >= 11 is 0. The molecule has 1 aromatic heterocycles. The first-order valence-electron chi connectivity index (χ1n) is 11.4. The van der Waals surface area contributed by atoms with Gasteiger partial charge in [0.1, 0.15) is 5.82 Å². The van der Waals surface area contributed by atoms with E-state index in [0.29, 0.717) is 17.8 Å². The van der Waals surface area contributed by atoms with Gasteiger partial charge in [-0.15, -0.1) is 0 Å². The summed E-state index contributed by atoms with van der Waals surface area (Å²) in [5, 5.41) is 4.96. The highest BCUT2D eigenvalue weighted by Crippen LogP contribution is 2.30. The Hall–Kier alpha value is -2.57. The summed E-state index contributed by atoms with van der Waals surface area (Å²) in [5.74, 6) is 0.970. The molecule has 6 nitrogen and oxygen atoms in total. The van der Waals surface area contributed by atoms with Crippen LogP contribution in [-0.4, -0.2) is 43.4 Å². The maximum absolute atomic E-state index is 6.50. The lowest BCUT2D eigenvalue weighted by Gasteiger charge is -2.37. The largest absolute Gasteiger partial charge is 0.402 e. The van der Waals surface area contributed by atoms with Crippen LogP contribution >= 0.6 is 0 Å². The van der Waals surface area contributed by atoms with Crippen LogP contribution in [-0.2, 0) is 4.74 Å². The number of rotatable bonds is 5. The number of hydrogen-bond acceptors (Lipinski definition) is 6. The Morgan fingerprint density at radius 2 is 1.77 bits per heavy atom. The van der Waals surface area contributed by atoms with Crippen molar-refractivity contribution in [2.75, 3.05) is 31.2 Å². The number of piperidine rings is 1. The Bertz CT molecular complexity index is 965. The monoisotopic (exact) mass is 421 g/mol. The fourth-order valence-corrected chi connectivity index (χ4v) is 4.51. The van der Waals surface area contributed by atoms with Crippen molar-refractivity contribution in [3.05, 3.63) is 53.2 Å². The van der Waals surface area contributed by atoms with E-state index < -0.39 is 0 Å². The molecule has 0 spiro atoms. The lowest BCUT2D eigenvalue weighted by molar-refractivity contribution is 0.0738. The summed E-state index contributed by atoms with van der Waals surface area (Å²) in [5.41, 5.74) is 16.9. The van der Waals surface area contributed by atoms with Gasteiger partial charge in [-0.1, -0.05) is 11.6 Å². The van der Waals surface area contributed by atoms with E-state index >= 15 is 0 Å². The predicted octanol–water partition coefficient (Wildman–Crippen LogP) is 3.44. The molecule has 0 bridgehead atoms. The summed E-state index contributed by atoms with van der Waals surface area (Å²) in [7, 11) is 0. The molecule has 0 aliphatic carbocycles. The van der Waals surface area contributed by atoms with Gasteiger partial charge in [0.05, 0.1) is 5.52 Å². The number of pyridine rings is 1. The average molecular weight is 422 g/mol. The highest BCUT2D eigenvalue weighted by atomic mass is 16.5. The third-order valence-electron chi connectivity index (χ3n) is 6.27. The Labute approximate surface area is 185 Å². The van der Waals surface area contributed by atoms with Gasteiger partial charge >= 0.3 is 0 Å². The van der Waals surface area contributed by atoms with Crippen molar-refractivity contribution < 1.29 is 4.74 Å². The Balaban J connectivity index is 1.57. The summed E-state index contributed by atoms with van der Waals surface area (Å²) < 4.78 is 5.49. The van der Waals surface area contributed by atoms with Crippen molar-refractivity contribution in [1.29, 1.82) is 0 Å². The van der Waals surface area contributed by atoms with Crippen molar-refractivity contribution in [3.63, 3.8) is 0 Å². The van der Waals surface area contributed by atoms with Crippen LogP contribution in [0, 0.1) is 6.92 Å². The van der Waals surface area contributed by atoms with E-state index in [-0.39, 0.29) is 0 Å². The minimum Gasteiger partial charge on any atom is -0.402 e. The lowest BCUT2D eigenvalue weighted by Crippen LogP contribution is -2.48. The van der Waals surface area contributed by atoms with Gasteiger partial charge in [-0.3, -0.25) is 0 Å². The number of benzene rings is 1. The second-order valence-electron chi connectivity index (χ2n) is 8.90. The fraction of sp³-hybridized carbons (Fsp3) is 0.480. The van der Waals surface area contributed by atoms with Crippen LogP contribution in [0.2, 0.25) is 0 Å². The van der Waals surface area contributed by atoms with E-state index in [2.05, 4.69) is 41.4 Å². The number of nitrogens with zero attached hydrogens (tertiary/aromatic N) is 2. The molecule has 31 heavy (non-hydrogen) atoms. The molecule has 2 aliphatic rings. The molecule has 4 rings (SSSR count). The number of ether oxygens (including phenoxy) is 1. The molecule has 2 saturated heterocycles. The van der Waals surface area contributed by atoms with Crippen molar-refractivity contribution in [3.8, 4) is 0 Å². The molecule has 2 aliphatic heterocycles. The number of fused-ring (bicyclic) bond motifs is 1. The van der Waals surface area contributed by atoms with Crippen LogP contribution < -0.4 is 21.7 Å². The van der Waals surface area contributed by atoms with Gasteiger partial charge in [0.15, 0.2) is 0 Å². The highest BCUT2D eigenvalue weighted by molar-refractivity contribution is 5.88. The van der Waals surface area contributed by atoms with Gasteiger partial charge in [-0.2, -0.15) is 0 Å². The van der Waals surface area contributed by atoms with Gasteiger partial charge in [-0.25, -0.2) is 4.98 Å². The van der Waals surface area contributed by atoms with Crippen molar-refractivity contribution in [2.24, 2.45) is 11.5 Å². The second kappa shape index (κ2) is 9.71. The smallest absolute Gasteiger partial charge is 0.138 e. The van der Waals surface area contributed by atoms with E-state index in [9.17, 15) is 0 Å². The minimum atomic E-state index is 0.557. The van der Waals surface area contributed by atoms with Crippen LogP contribution in [0.3, 0.4) is 0 Å². The molecule has 0 amide bonds. The second-order valence-corrected chi connectivity index (χ2v) is 8.90. The van der Waals surface area contributed by atoms with Gasteiger partial charge in [0.2, 0.25) is 0 Å². The zero-order valence-corrected chi connectivity index (χ0v) is 18.7. The zero-order chi connectivity index (χ0) is 21.8. The topological polar surface area (TPSA) is 89.4 Å². The van der Waals surface area contributed by atoms with Crippen LogP contribution in [0.25, 0.3) is 16.6 Å². The first-order valence-corrected chi connectivity index (χ1v) is 11.4.